The summed E-state index contributed by atoms with van der Waals surface area (Å²) >= 11 is 3.35. The van der Waals surface area contributed by atoms with Gasteiger partial charge in [0, 0.05) is 4.47 Å². The maximum Gasteiger partial charge on any atom is 0.257 e. The molecule has 1 unspecified atom stereocenters. The first-order chi connectivity index (χ1) is 6.45. The minimum Gasteiger partial charge on any atom is -0.319 e. The molecule has 0 saturated heterocycles. The summed E-state index contributed by atoms with van der Waals surface area (Å²) in [5, 5.41) is 0. The number of rotatable bonds is 2. The van der Waals surface area contributed by atoms with Gasteiger partial charge in [0.25, 0.3) is 6.43 Å². The molecule has 1 aromatic rings. The third kappa shape index (κ3) is 2.12. The van der Waals surface area contributed by atoms with Gasteiger partial charge >= 0.3 is 0 Å². The van der Waals surface area contributed by atoms with Crippen LogP contribution in [0.25, 0.3) is 0 Å². The van der Waals surface area contributed by atoms with Gasteiger partial charge in [-0.1, -0.05) is 28.1 Å². The predicted octanol–water partition coefficient (Wildman–Crippen LogP) is 3.33. The van der Waals surface area contributed by atoms with E-state index in [1.807, 2.05) is 6.92 Å². The lowest BCUT2D eigenvalue weighted by molar-refractivity contribution is 0.116. The molecular formula is C10H12BrF2N. The van der Waals surface area contributed by atoms with E-state index in [2.05, 4.69) is 15.9 Å². The predicted molar refractivity (Wildman–Crippen MR) is 56.5 cm³/mol. The highest BCUT2D eigenvalue weighted by Gasteiger charge is 2.20. The lowest BCUT2D eigenvalue weighted by Crippen LogP contribution is -2.20. The van der Waals surface area contributed by atoms with Crippen molar-refractivity contribution in [3.05, 3.63) is 33.3 Å². The quantitative estimate of drug-likeness (QED) is 0.871. The molecule has 0 heterocycles. The van der Waals surface area contributed by atoms with Crippen molar-refractivity contribution in [1.82, 2.24) is 0 Å². The van der Waals surface area contributed by atoms with Crippen LogP contribution in [0.15, 0.2) is 16.6 Å². The van der Waals surface area contributed by atoms with Gasteiger partial charge in [-0.25, -0.2) is 8.78 Å². The molecule has 14 heavy (non-hydrogen) atoms. The summed E-state index contributed by atoms with van der Waals surface area (Å²) in [6.07, 6.45) is -2.52. The first-order valence-electron chi connectivity index (χ1n) is 4.24. The van der Waals surface area contributed by atoms with Gasteiger partial charge in [0.1, 0.15) is 0 Å². The fourth-order valence-corrected chi connectivity index (χ4v) is 1.69. The molecule has 4 heteroatoms. The average molecular weight is 264 g/mol. The van der Waals surface area contributed by atoms with Gasteiger partial charge < -0.3 is 5.73 Å². The highest BCUT2D eigenvalue weighted by Crippen LogP contribution is 2.29. The first-order valence-corrected chi connectivity index (χ1v) is 5.03. The van der Waals surface area contributed by atoms with Crippen LogP contribution in [0.4, 0.5) is 8.78 Å². The van der Waals surface area contributed by atoms with E-state index in [1.165, 1.54) is 0 Å². The van der Waals surface area contributed by atoms with Crippen molar-refractivity contribution >= 4 is 15.9 Å². The molecule has 0 saturated carbocycles. The van der Waals surface area contributed by atoms with E-state index in [1.54, 1.807) is 19.1 Å². The van der Waals surface area contributed by atoms with Crippen LogP contribution < -0.4 is 5.73 Å². The van der Waals surface area contributed by atoms with E-state index < -0.39 is 12.5 Å². The average Bonchev–Trinajstić information content (AvgIpc) is 2.13. The third-order valence-electron chi connectivity index (χ3n) is 2.25. The smallest absolute Gasteiger partial charge is 0.257 e. The lowest BCUT2D eigenvalue weighted by atomic mass is 10.00. The summed E-state index contributed by atoms with van der Waals surface area (Å²) in [5.74, 6) is 0. The molecule has 1 atom stereocenters. The zero-order chi connectivity index (χ0) is 10.9. The third-order valence-corrected chi connectivity index (χ3v) is 3.47. The van der Waals surface area contributed by atoms with Crippen molar-refractivity contribution in [2.24, 2.45) is 5.73 Å². The molecule has 2 N–H and O–H groups in total. The molecule has 0 spiro atoms. The van der Waals surface area contributed by atoms with E-state index in [0.29, 0.717) is 5.56 Å². The zero-order valence-corrected chi connectivity index (χ0v) is 9.61. The summed E-state index contributed by atoms with van der Waals surface area (Å²) in [6.45, 7) is 3.70. The van der Waals surface area contributed by atoms with Crippen molar-refractivity contribution in [2.45, 2.75) is 26.3 Å². The second-order valence-electron chi connectivity index (χ2n) is 3.27. The lowest BCUT2D eigenvalue weighted by Gasteiger charge is -2.15. The largest absolute Gasteiger partial charge is 0.319 e. The topological polar surface area (TPSA) is 26.0 Å². The van der Waals surface area contributed by atoms with Crippen molar-refractivity contribution < 1.29 is 8.78 Å². The van der Waals surface area contributed by atoms with Crippen molar-refractivity contribution in [2.75, 3.05) is 0 Å². The minimum atomic E-state index is -2.52. The van der Waals surface area contributed by atoms with Crippen LogP contribution in [0.1, 0.15) is 22.7 Å². The fraction of sp³-hybridized carbons (Fsp3) is 0.400. The highest BCUT2D eigenvalue weighted by molar-refractivity contribution is 9.10. The molecule has 1 aromatic carbocycles. The Hall–Kier alpha value is -0.480. The van der Waals surface area contributed by atoms with Crippen molar-refractivity contribution in [1.29, 1.82) is 0 Å². The van der Waals surface area contributed by atoms with Gasteiger partial charge in [-0.2, -0.15) is 0 Å². The second kappa shape index (κ2) is 4.36. The number of hydrogen-bond donors (Lipinski definition) is 1. The number of nitrogens with two attached hydrogens (primary N) is 1. The number of halogens is 3. The Morgan fingerprint density at radius 1 is 1.29 bits per heavy atom. The molecule has 0 fully saturated rings. The second-order valence-corrected chi connectivity index (χ2v) is 4.06. The van der Waals surface area contributed by atoms with Gasteiger partial charge in [0.2, 0.25) is 0 Å². The SMILES string of the molecule is Cc1ccc(C(N)C(F)F)c(C)c1Br. The molecule has 1 rings (SSSR count). The standard InChI is InChI=1S/C10H12BrF2N/c1-5-3-4-7(6(2)8(5)11)9(14)10(12)13/h3-4,9-10H,14H2,1-2H3. The Morgan fingerprint density at radius 3 is 2.36 bits per heavy atom. The van der Waals surface area contributed by atoms with Gasteiger partial charge in [-0.15, -0.1) is 0 Å². The van der Waals surface area contributed by atoms with E-state index >= 15 is 0 Å². The van der Waals surface area contributed by atoms with Crippen LogP contribution in [-0.4, -0.2) is 6.43 Å². The Balaban J connectivity index is 3.17. The van der Waals surface area contributed by atoms with Crippen LogP contribution in [0, 0.1) is 13.8 Å². The number of benzene rings is 1. The van der Waals surface area contributed by atoms with Crippen LogP contribution in [0.5, 0.6) is 0 Å². The molecule has 0 bridgehead atoms. The van der Waals surface area contributed by atoms with E-state index in [-0.39, 0.29) is 0 Å². The normalized spacial score (nSPS) is 13.4. The summed E-state index contributed by atoms with van der Waals surface area (Å²) in [4.78, 5) is 0. The van der Waals surface area contributed by atoms with E-state index in [0.717, 1.165) is 15.6 Å². The summed E-state index contributed by atoms with van der Waals surface area (Å²) in [6, 6.07) is 2.24. The Bertz CT molecular complexity index is 339. The monoisotopic (exact) mass is 263 g/mol. The van der Waals surface area contributed by atoms with Gasteiger partial charge in [-0.3, -0.25) is 0 Å². The van der Waals surface area contributed by atoms with Crippen LogP contribution in [0.3, 0.4) is 0 Å². The molecule has 0 aliphatic heterocycles. The number of hydrogen-bond acceptors (Lipinski definition) is 1. The molecule has 0 aromatic heterocycles. The molecule has 0 aliphatic carbocycles. The maximum atomic E-state index is 12.4. The Kier molecular flexibility index (Phi) is 3.61. The van der Waals surface area contributed by atoms with E-state index in [9.17, 15) is 8.78 Å². The summed E-state index contributed by atoms with van der Waals surface area (Å²) in [5.41, 5.74) is 7.70. The first kappa shape index (κ1) is 11.6. The minimum absolute atomic E-state index is 0.498. The van der Waals surface area contributed by atoms with Crippen LogP contribution in [0.2, 0.25) is 0 Å². The molecule has 0 amide bonds. The molecule has 0 aliphatic rings. The Morgan fingerprint density at radius 2 is 1.86 bits per heavy atom. The molecule has 1 nitrogen and oxygen atoms in total. The van der Waals surface area contributed by atoms with E-state index in [4.69, 9.17) is 5.73 Å². The number of aryl methyl sites for hydroxylation is 1. The molecule has 78 valence electrons. The van der Waals surface area contributed by atoms with Gasteiger partial charge in [0.05, 0.1) is 6.04 Å². The zero-order valence-electron chi connectivity index (χ0n) is 8.02. The summed E-state index contributed by atoms with van der Waals surface area (Å²) < 4.78 is 25.6. The molecule has 0 radical (unpaired) electrons. The molecular weight excluding hydrogens is 252 g/mol. The van der Waals surface area contributed by atoms with Gasteiger partial charge in [0.15, 0.2) is 0 Å². The fourth-order valence-electron chi connectivity index (χ4n) is 1.33. The van der Waals surface area contributed by atoms with Crippen LogP contribution in [-0.2, 0) is 0 Å². The van der Waals surface area contributed by atoms with Crippen LogP contribution >= 0.6 is 15.9 Å². The summed E-state index contributed by atoms with van der Waals surface area (Å²) in [7, 11) is 0. The van der Waals surface area contributed by atoms with Crippen molar-refractivity contribution in [3.8, 4) is 0 Å². The maximum absolute atomic E-state index is 12.4. The van der Waals surface area contributed by atoms with Gasteiger partial charge in [-0.05, 0) is 30.5 Å². The Labute approximate surface area is 90.4 Å². The highest BCUT2D eigenvalue weighted by atomic mass is 79.9. The van der Waals surface area contributed by atoms with Crippen molar-refractivity contribution in [3.63, 3.8) is 0 Å². The number of alkyl halides is 2.